The summed E-state index contributed by atoms with van der Waals surface area (Å²) in [7, 11) is 0. The third kappa shape index (κ3) is 2.59. The molecule has 1 N–H and O–H groups in total. The van der Waals surface area contributed by atoms with Gasteiger partial charge in [0.2, 0.25) is 0 Å². The van der Waals surface area contributed by atoms with Gasteiger partial charge in [0.1, 0.15) is 0 Å². The van der Waals surface area contributed by atoms with Crippen LogP contribution in [-0.4, -0.2) is 4.98 Å². The van der Waals surface area contributed by atoms with Gasteiger partial charge >= 0.3 is 0 Å². The van der Waals surface area contributed by atoms with Crippen LogP contribution in [0.2, 0.25) is 0 Å². The van der Waals surface area contributed by atoms with Crippen molar-refractivity contribution in [1.29, 1.82) is 15.8 Å². The minimum absolute atomic E-state index is 0.298. The van der Waals surface area contributed by atoms with Crippen molar-refractivity contribution in [2.75, 3.05) is 0 Å². The van der Waals surface area contributed by atoms with Gasteiger partial charge in [0, 0.05) is 18.3 Å². The fraction of sp³-hybridized carbons (Fsp3) is 0.364. The van der Waals surface area contributed by atoms with Gasteiger partial charge in [-0.05, 0) is 17.5 Å². The average Bonchev–Trinajstić information content (AvgIpc) is 2.60. The predicted molar refractivity (Wildman–Crippen MR) is 53.4 cm³/mol. The summed E-state index contributed by atoms with van der Waals surface area (Å²) in [5.74, 6) is 0. The molecule has 1 aromatic rings. The van der Waals surface area contributed by atoms with E-state index >= 15 is 0 Å². The zero-order valence-electron chi connectivity index (χ0n) is 8.25. The molecule has 0 aliphatic rings. The van der Waals surface area contributed by atoms with E-state index in [9.17, 15) is 0 Å². The van der Waals surface area contributed by atoms with Crippen LogP contribution in [0.4, 0.5) is 0 Å². The van der Waals surface area contributed by atoms with Gasteiger partial charge in [-0.2, -0.15) is 15.8 Å². The quantitative estimate of drug-likeness (QED) is 0.797. The molecule has 15 heavy (non-hydrogen) atoms. The number of nitrogens with zero attached hydrogens (tertiary/aromatic N) is 3. The van der Waals surface area contributed by atoms with Gasteiger partial charge in [-0.25, -0.2) is 0 Å². The van der Waals surface area contributed by atoms with Crippen molar-refractivity contribution in [2.45, 2.75) is 25.7 Å². The summed E-state index contributed by atoms with van der Waals surface area (Å²) in [6.45, 7) is 0. The summed E-state index contributed by atoms with van der Waals surface area (Å²) < 4.78 is 0. The van der Waals surface area contributed by atoms with E-state index < -0.39 is 0 Å². The van der Waals surface area contributed by atoms with E-state index in [0.29, 0.717) is 25.7 Å². The van der Waals surface area contributed by atoms with Crippen LogP contribution in [0.5, 0.6) is 0 Å². The van der Waals surface area contributed by atoms with Crippen LogP contribution in [0.1, 0.15) is 23.2 Å². The molecule has 1 heterocycles. The van der Waals surface area contributed by atoms with Crippen molar-refractivity contribution in [1.82, 2.24) is 4.98 Å². The van der Waals surface area contributed by atoms with Crippen molar-refractivity contribution in [3.05, 3.63) is 23.0 Å². The Hall–Kier alpha value is -2.25. The number of hydrogen-bond acceptors (Lipinski definition) is 3. The maximum absolute atomic E-state index is 8.61. The molecule has 0 aliphatic heterocycles. The first kappa shape index (κ1) is 10.8. The molecule has 1 rings (SSSR count). The second kappa shape index (κ2) is 5.47. The van der Waals surface area contributed by atoms with Crippen LogP contribution >= 0.6 is 0 Å². The van der Waals surface area contributed by atoms with E-state index in [1.807, 2.05) is 0 Å². The number of aromatic amines is 1. The first-order valence-electron chi connectivity index (χ1n) is 4.62. The van der Waals surface area contributed by atoms with Crippen molar-refractivity contribution < 1.29 is 0 Å². The lowest BCUT2D eigenvalue weighted by Crippen LogP contribution is -1.94. The Morgan fingerprint density at radius 2 is 1.80 bits per heavy atom. The molecule has 1 aromatic heterocycles. The van der Waals surface area contributed by atoms with E-state index in [1.54, 1.807) is 6.20 Å². The van der Waals surface area contributed by atoms with Crippen LogP contribution in [0, 0.1) is 34.0 Å². The van der Waals surface area contributed by atoms with Crippen molar-refractivity contribution in [3.63, 3.8) is 0 Å². The largest absolute Gasteiger partial charge is 0.364 e. The highest BCUT2D eigenvalue weighted by Gasteiger charge is 2.10. The Morgan fingerprint density at radius 1 is 1.07 bits per heavy atom. The first-order chi connectivity index (χ1) is 7.33. The Labute approximate surface area is 88.4 Å². The molecular formula is C11H10N4. The smallest absolute Gasteiger partial charge is 0.0755 e. The summed E-state index contributed by atoms with van der Waals surface area (Å²) >= 11 is 0. The highest BCUT2D eigenvalue weighted by atomic mass is 14.7. The van der Waals surface area contributed by atoms with Crippen molar-refractivity contribution >= 4 is 0 Å². The van der Waals surface area contributed by atoms with E-state index in [4.69, 9.17) is 15.8 Å². The Kier molecular flexibility index (Phi) is 3.95. The molecular weight excluding hydrogens is 188 g/mol. The van der Waals surface area contributed by atoms with Crippen LogP contribution in [0.15, 0.2) is 6.20 Å². The molecule has 0 amide bonds. The zero-order chi connectivity index (χ0) is 11.1. The van der Waals surface area contributed by atoms with Gasteiger partial charge in [0.25, 0.3) is 0 Å². The molecule has 4 nitrogen and oxygen atoms in total. The standard InChI is InChI=1S/C11H10N4/c12-5-1-2-10-9(3-6-13)8-15-11(10)4-7-14/h8,15H,1-4H2. The van der Waals surface area contributed by atoms with Gasteiger partial charge in [0.15, 0.2) is 0 Å². The van der Waals surface area contributed by atoms with E-state index in [1.165, 1.54) is 0 Å². The number of hydrogen-bond donors (Lipinski definition) is 1. The van der Waals surface area contributed by atoms with Gasteiger partial charge < -0.3 is 4.98 Å². The number of aromatic nitrogens is 1. The molecule has 0 radical (unpaired) electrons. The summed E-state index contributed by atoms with van der Waals surface area (Å²) in [6, 6.07) is 6.19. The third-order valence-corrected chi connectivity index (χ3v) is 2.18. The summed E-state index contributed by atoms with van der Waals surface area (Å²) in [4.78, 5) is 2.99. The number of nitriles is 3. The third-order valence-electron chi connectivity index (χ3n) is 2.18. The second-order valence-corrected chi connectivity index (χ2v) is 3.10. The SMILES string of the molecule is N#CCCc1c(CC#N)c[nH]c1CC#N. The van der Waals surface area contributed by atoms with Gasteiger partial charge in [0.05, 0.1) is 31.0 Å². The Balaban J connectivity index is 2.94. The monoisotopic (exact) mass is 198 g/mol. The molecule has 0 unspecified atom stereocenters. The topological polar surface area (TPSA) is 87.2 Å². The fourth-order valence-corrected chi connectivity index (χ4v) is 1.51. The molecule has 0 atom stereocenters. The molecule has 0 saturated heterocycles. The molecule has 74 valence electrons. The highest BCUT2D eigenvalue weighted by Crippen LogP contribution is 2.17. The molecule has 0 fully saturated rings. The number of H-pyrrole nitrogens is 1. The lowest BCUT2D eigenvalue weighted by Gasteiger charge is -1.99. The highest BCUT2D eigenvalue weighted by molar-refractivity contribution is 5.34. The summed E-state index contributed by atoms with van der Waals surface area (Å²) in [5, 5.41) is 25.7. The van der Waals surface area contributed by atoms with Crippen LogP contribution in [-0.2, 0) is 19.3 Å². The summed E-state index contributed by atoms with van der Waals surface area (Å²) in [6.07, 6.45) is 3.39. The molecule has 0 spiro atoms. The van der Waals surface area contributed by atoms with E-state index in [-0.39, 0.29) is 0 Å². The second-order valence-electron chi connectivity index (χ2n) is 3.10. The minimum Gasteiger partial charge on any atom is -0.364 e. The lowest BCUT2D eigenvalue weighted by molar-refractivity contribution is 0.964. The Morgan fingerprint density at radius 3 is 2.40 bits per heavy atom. The van der Waals surface area contributed by atoms with Gasteiger partial charge in [-0.15, -0.1) is 0 Å². The number of rotatable bonds is 4. The molecule has 0 saturated carbocycles. The maximum atomic E-state index is 8.61. The molecule has 0 aliphatic carbocycles. The van der Waals surface area contributed by atoms with Crippen LogP contribution < -0.4 is 0 Å². The molecule has 0 aromatic carbocycles. The van der Waals surface area contributed by atoms with Crippen molar-refractivity contribution in [2.24, 2.45) is 0 Å². The first-order valence-corrected chi connectivity index (χ1v) is 4.62. The van der Waals surface area contributed by atoms with Crippen molar-refractivity contribution in [3.8, 4) is 18.2 Å². The number of nitrogens with one attached hydrogen (secondary N) is 1. The normalized spacial score (nSPS) is 8.87. The Bertz CT molecular complexity index is 417. The van der Waals surface area contributed by atoms with E-state index in [0.717, 1.165) is 16.8 Å². The minimum atomic E-state index is 0.298. The van der Waals surface area contributed by atoms with E-state index in [2.05, 4.69) is 23.2 Å². The van der Waals surface area contributed by atoms with Crippen LogP contribution in [0.3, 0.4) is 0 Å². The molecule has 0 bridgehead atoms. The summed E-state index contributed by atoms with van der Waals surface area (Å²) in [5.41, 5.74) is 2.69. The average molecular weight is 198 g/mol. The maximum Gasteiger partial charge on any atom is 0.0755 e. The van der Waals surface area contributed by atoms with Gasteiger partial charge in [-0.3, -0.25) is 0 Å². The lowest BCUT2D eigenvalue weighted by atomic mass is 10.0. The van der Waals surface area contributed by atoms with Crippen LogP contribution in [0.25, 0.3) is 0 Å². The van der Waals surface area contributed by atoms with Gasteiger partial charge in [-0.1, -0.05) is 0 Å². The fourth-order valence-electron chi connectivity index (χ4n) is 1.51. The molecule has 4 heteroatoms. The predicted octanol–water partition coefficient (Wildman–Crippen LogP) is 1.60. The zero-order valence-corrected chi connectivity index (χ0v) is 8.25.